The Balaban J connectivity index is 1.97. The summed E-state index contributed by atoms with van der Waals surface area (Å²) in [6, 6.07) is 0. The summed E-state index contributed by atoms with van der Waals surface area (Å²) in [4.78, 5) is 20.8. The van der Waals surface area contributed by atoms with Gasteiger partial charge in [0.15, 0.2) is 0 Å². The molecule has 0 aromatic carbocycles. The van der Waals surface area contributed by atoms with Crippen LogP contribution in [0.15, 0.2) is 18.7 Å². The van der Waals surface area contributed by atoms with Crippen LogP contribution in [0.3, 0.4) is 0 Å². The lowest BCUT2D eigenvalue weighted by Gasteiger charge is -2.31. The molecule has 5 nitrogen and oxygen atoms in total. The summed E-state index contributed by atoms with van der Waals surface area (Å²) < 4.78 is 0. The number of carboxylic acids is 1. The fraction of sp³-hybridized carbons (Fsp3) is 0.500. The Bertz CT molecular complexity index is 334. The Labute approximate surface area is 87.8 Å². The van der Waals surface area contributed by atoms with Crippen molar-refractivity contribution in [3.8, 4) is 0 Å². The number of aromatic nitrogens is 2. The molecule has 2 rings (SSSR count). The van der Waals surface area contributed by atoms with Crippen molar-refractivity contribution in [3.05, 3.63) is 18.7 Å². The molecule has 0 aliphatic carbocycles. The van der Waals surface area contributed by atoms with Crippen LogP contribution in [-0.4, -0.2) is 34.1 Å². The molecule has 0 radical (unpaired) electrons. The van der Waals surface area contributed by atoms with Crippen LogP contribution in [0.25, 0.3) is 0 Å². The van der Waals surface area contributed by atoms with E-state index in [2.05, 4.69) is 14.9 Å². The minimum atomic E-state index is -0.682. The van der Waals surface area contributed by atoms with Crippen LogP contribution < -0.4 is 4.90 Å². The van der Waals surface area contributed by atoms with Gasteiger partial charge in [0, 0.05) is 13.1 Å². The molecule has 1 aromatic heterocycles. The summed E-state index contributed by atoms with van der Waals surface area (Å²) in [6.45, 7) is 1.54. The number of hydrogen-bond donors (Lipinski definition) is 1. The molecular weight excluding hydrogens is 194 g/mol. The molecule has 2 heterocycles. The summed E-state index contributed by atoms with van der Waals surface area (Å²) in [6.07, 6.45) is 6.41. The lowest BCUT2D eigenvalue weighted by Crippen LogP contribution is -2.36. The number of carboxylic acid groups (broad SMARTS) is 1. The van der Waals surface area contributed by atoms with Gasteiger partial charge in [-0.1, -0.05) is 0 Å². The molecule has 0 bridgehead atoms. The van der Waals surface area contributed by atoms with Crippen molar-refractivity contribution < 1.29 is 9.90 Å². The number of carbonyl (C=O) groups is 1. The largest absolute Gasteiger partial charge is 0.481 e. The van der Waals surface area contributed by atoms with Gasteiger partial charge < -0.3 is 10.0 Å². The fourth-order valence-corrected chi connectivity index (χ4v) is 1.84. The van der Waals surface area contributed by atoms with Crippen LogP contribution in [-0.2, 0) is 4.79 Å². The quantitative estimate of drug-likeness (QED) is 0.776. The molecule has 0 spiro atoms. The molecule has 0 amide bonds. The maximum atomic E-state index is 10.8. The monoisotopic (exact) mass is 207 g/mol. The van der Waals surface area contributed by atoms with Crippen molar-refractivity contribution in [2.75, 3.05) is 18.0 Å². The smallest absolute Gasteiger partial charge is 0.306 e. The van der Waals surface area contributed by atoms with E-state index in [1.165, 1.54) is 6.33 Å². The van der Waals surface area contributed by atoms with Gasteiger partial charge in [-0.3, -0.25) is 4.79 Å². The van der Waals surface area contributed by atoms with Gasteiger partial charge in [-0.15, -0.1) is 0 Å². The normalized spacial score (nSPS) is 17.7. The Morgan fingerprint density at radius 1 is 1.33 bits per heavy atom. The van der Waals surface area contributed by atoms with Crippen molar-refractivity contribution in [3.63, 3.8) is 0 Å². The van der Waals surface area contributed by atoms with Crippen LogP contribution in [0.5, 0.6) is 0 Å². The number of hydrogen-bond acceptors (Lipinski definition) is 4. The maximum absolute atomic E-state index is 10.8. The predicted molar refractivity (Wildman–Crippen MR) is 54.6 cm³/mol. The first-order chi connectivity index (χ1) is 7.27. The number of nitrogens with zero attached hydrogens (tertiary/aromatic N) is 3. The second kappa shape index (κ2) is 4.25. The van der Waals surface area contributed by atoms with Crippen LogP contribution in [0, 0.1) is 5.92 Å². The first kappa shape index (κ1) is 9.89. The van der Waals surface area contributed by atoms with Gasteiger partial charge in [0.2, 0.25) is 0 Å². The molecule has 1 aromatic rings. The fourth-order valence-electron chi connectivity index (χ4n) is 1.84. The average Bonchev–Trinajstić information content (AvgIpc) is 2.30. The van der Waals surface area contributed by atoms with E-state index in [0.29, 0.717) is 12.8 Å². The lowest BCUT2D eigenvalue weighted by atomic mass is 9.97. The van der Waals surface area contributed by atoms with Crippen molar-refractivity contribution in [2.24, 2.45) is 5.92 Å². The maximum Gasteiger partial charge on any atom is 0.306 e. The number of anilines is 1. The number of rotatable bonds is 2. The van der Waals surface area contributed by atoms with Crippen molar-refractivity contribution in [1.29, 1.82) is 0 Å². The summed E-state index contributed by atoms with van der Waals surface area (Å²) in [5.74, 6) is -0.871. The predicted octanol–water partition coefficient (Wildman–Crippen LogP) is 0.778. The third-order valence-corrected chi connectivity index (χ3v) is 2.76. The van der Waals surface area contributed by atoms with Gasteiger partial charge in [-0.25, -0.2) is 9.97 Å². The average molecular weight is 207 g/mol. The lowest BCUT2D eigenvalue weighted by molar-refractivity contribution is -0.142. The number of aliphatic carboxylic acids is 1. The Morgan fingerprint density at radius 2 is 1.93 bits per heavy atom. The molecular formula is C10H13N3O2. The standard InChI is InChI=1S/C10H13N3O2/c14-10(15)8-1-3-13(4-2-8)9-5-11-7-12-6-9/h5-8H,1-4H2,(H,14,15). The van der Waals surface area contributed by atoms with Crippen LogP contribution >= 0.6 is 0 Å². The zero-order chi connectivity index (χ0) is 10.7. The van der Waals surface area contributed by atoms with Crippen molar-refractivity contribution in [2.45, 2.75) is 12.8 Å². The first-order valence-electron chi connectivity index (χ1n) is 5.00. The van der Waals surface area contributed by atoms with Crippen LogP contribution in [0.1, 0.15) is 12.8 Å². The highest BCUT2D eigenvalue weighted by Gasteiger charge is 2.24. The van der Waals surface area contributed by atoms with E-state index >= 15 is 0 Å². The van der Waals surface area contributed by atoms with Gasteiger partial charge in [0.1, 0.15) is 6.33 Å². The molecule has 1 saturated heterocycles. The van der Waals surface area contributed by atoms with E-state index in [9.17, 15) is 4.79 Å². The second-order valence-electron chi connectivity index (χ2n) is 3.70. The molecule has 0 unspecified atom stereocenters. The van der Waals surface area contributed by atoms with Crippen LogP contribution in [0.2, 0.25) is 0 Å². The Hall–Kier alpha value is -1.65. The summed E-state index contributed by atoms with van der Waals surface area (Å²) in [5, 5.41) is 8.85. The molecule has 1 N–H and O–H groups in total. The van der Waals surface area contributed by atoms with E-state index in [0.717, 1.165) is 18.8 Å². The Morgan fingerprint density at radius 3 is 2.47 bits per heavy atom. The van der Waals surface area contributed by atoms with Crippen LogP contribution in [0.4, 0.5) is 5.69 Å². The molecule has 0 saturated carbocycles. The molecule has 1 aliphatic heterocycles. The highest BCUT2D eigenvalue weighted by atomic mass is 16.4. The first-order valence-corrected chi connectivity index (χ1v) is 5.00. The van der Waals surface area contributed by atoms with E-state index < -0.39 is 5.97 Å². The van der Waals surface area contributed by atoms with E-state index in [1.807, 2.05) is 0 Å². The number of piperidine rings is 1. The zero-order valence-corrected chi connectivity index (χ0v) is 8.33. The van der Waals surface area contributed by atoms with Gasteiger partial charge >= 0.3 is 5.97 Å². The third kappa shape index (κ3) is 2.23. The Kier molecular flexibility index (Phi) is 2.80. The van der Waals surface area contributed by atoms with Crippen molar-refractivity contribution >= 4 is 11.7 Å². The summed E-state index contributed by atoms with van der Waals surface area (Å²) in [5.41, 5.74) is 0.973. The molecule has 0 atom stereocenters. The molecule has 1 fully saturated rings. The van der Waals surface area contributed by atoms with Gasteiger partial charge in [0.25, 0.3) is 0 Å². The van der Waals surface area contributed by atoms with Gasteiger partial charge in [-0.05, 0) is 12.8 Å². The third-order valence-electron chi connectivity index (χ3n) is 2.76. The van der Waals surface area contributed by atoms with E-state index in [4.69, 9.17) is 5.11 Å². The SMILES string of the molecule is O=C(O)C1CCN(c2cncnc2)CC1. The van der Waals surface area contributed by atoms with E-state index in [-0.39, 0.29) is 5.92 Å². The molecule has 1 aliphatic rings. The summed E-state index contributed by atoms with van der Waals surface area (Å²) >= 11 is 0. The minimum Gasteiger partial charge on any atom is -0.481 e. The highest BCUT2D eigenvalue weighted by Crippen LogP contribution is 2.21. The topological polar surface area (TPSA) is 66.3 Å². The summed E-state index contributed by atoms with van der Waals surface area (Å²) in [7, 11) is 0. The zero-order valence-electron chi connectivity index (χ0n) is 8.33. The molecule has 5 heteroatoms. The van der Waals surface area contributed by atoms with E-state index in [1.54, 1.807) is 12.4 Å². The van der Waals surface area contributed by atoms with Gasteiger partial charge in [0.05, 0.1) is 24.0 Å². The highest BCUT2D eigenvalue weighted by molar-refractivity contribution is 5.70. The van der Waals surface area contributed by atoms with Crippen molar-refractivity contribution in [1.82, 2.24) is 9.97 Å². The molecule has 80 valence electrons. The minimum absolute atomic E-state index is 0.189. The molecule has 15 heavy (non-hydrogen) atoms. The van der Waals surface area contributed by atoms with Gasteiger partial charge in [-0.2, -0.15) is 0 Å². The second-order valence-corrected chi connectivity index (χ2v) is 3.70.